The highest BCUT2D eigenvalue weighted by molar-refractivity contribution is 7.89. The minimum Gasteiger partial charge on any atom is -0.310 e. The van der Waals surface area contributed by atoms with Crippen LogP contribution in [0, 0.1) is 12.7 Å². The summed E-state index contributed by atoms with van der Waals surface area (Å²) >= 11 is 0. The SMILES string of the molecule is Cc1cc(S(=O)(=O)NC(C)(C)C)cc(CNC2CC2)c1F. The molecule has 118 valence electrons. The molecule has 0 radical (unpaired) electrons. The van der Waals surface area contributed by atoms with Gasteiger partial charge in [0, 0.05) is 23.7 Å². The van der Waals surface area contributed by atoms with Gasteiger partial charge < -0.3 is 5.32 Å². The van der Waals surface area contributed by atoms with Crippen LogP contribution in [0.5, 0.6) is 0 Å². The number of rotatable bonds is 5. The maximum atomic E-state index is 14.1. The molecule has 1 saturated carbocycles. The number of sulfonamides is 1. The van der Waals surface area contributed by atoms with Crippen molar-refractivity contribution >= 4 is 10.0 Å². The minimum atomic E-state index is -3.65. The van der Waals surface area contributed by atoms with Crippen LogP contribution in [0.1, 0.15) is 44.7 Å². The van der Waals surface area contributed by atoms with Crippen LogP contribution in [-0.2, 0) is 16.6 Å². The van der Waals surface area contributed by atoms with Gasteiger partial charge in [0.15, 0.2) is 0 Å². The summed E-state index contributed by atoms with van der Waals surface area (Å²) in [7, 11) is -3.65. The van der Waals surface area contributed by atoms with Crippen LogP contribution in [-0.4, -0.2) is 20.0 Å². The molecule has 0 aromatic heterocycles. The van der Waals surface area contributed by atoms with E-state index in [-0.39, 0.29) is 10.7 Å². The fourth-order valence-corrected chi connectivity index (χ4v) is 3.65. The van der Waals surface area contributed by atoms with E-state index in [0.29, 0.717) is 23.7 Å². The first-order valence-corrected chi connectivity index (χ1v) is 8.63. The average molecular weight is 314 g/mol. The third-order valence-electron chi connectivity index (χ3n) is 3.21. The fraction of sp³-hybridized carbons (Fsp3) is 0.600. The van der Waals surface area contributed by atoms with Crippen molar-refractivity contribution < 1.29 is 12.8 Å². The monoisotopic (exact) mass is 314 g/mol. The van der Waals surface area contributed by atoms with Gasteiger partial charge in [-0.1, -0.05) is 0 Å². The van der Waals surface area contributed by atoms with Gasteiger partial charge >= 0.3 is 0 Å². The average Bonchev–Trinajstić information content (AvgIpc) is 3.11. The lowest BCUT2D eigenvalue weighted by Gasteiger charge is -2.21. The summed E-state index contributed by atoms with van der Waals surface area (Å²) in [6.45, 7) is 7.27. The van der Waals surface area contributed by atoms with Crippen molar-refractivity contribution in [3.05, 3.63) is 29.1 Å². The molecule has 0 bridgehead atoms. The summed E-state index contributed by atoms with van der Waals surface area (Å²) < 4.78 is 41.4. The molecule has 0 spiro atoms. The number of hydrogen-bond donors (Lipinski definition) is 2. The summed E-state index contributed by atoms with van der Waals surface area (Å²) in [5.74, 6) is -0.335. The van der Waals surface area contributed by atoms with E-state index in [9.17, 15) is 12.8 Å². The van der Waals surface area contributed by atoms with Crippen molar-refractivity contribution in [2.24, 2.45) is 0 Å². The van der Waals surface area contributed by atoms with Gasteiger partial charge in [0.05, 0.1) is 4.90 Å². The fourth-order valence-electron chi connectivity index (χ4n) is 2.09. The van der Waals surface area contributed by atoms with E-state index in [4.69, 9.17) is 0 Å². The Morgan fingerprint density at radius 1 is 1.29 bits per heavy atom. The van der Waals surface area contributed by atoms with Gasteiger partial charge in [0.1, 0.15) is 5.82 Å². The quantitative estimate of drug-likeness (QED) is 0.878. The van der Waals surface area contributed by atoms with Crippen molar-refractivity contribution in [2.75, 3.05) is 0 Å². The second-order valence-corrected chi connectivity index (χ2v) is 8.41. The van der Waals surface area contributed by atoms with Crippen LogP contribution >= 0.6 is 0 Å². The van der Waals surface area contributed by atoms with Gasteiger partial charge in [0.25, 0.3) is 0 Å². The Bertz CT molecular complexity index is 632. The van der Waals surface area contributed by atoms with Gasteiger partial charge in [0.2, 0.25) is 10.0 Å². The van der Waals surface area contributed by atoms with E-state index in [1.165, 1.54) is 12.1 Å². The maximum Gasteiger partial charge on any atom is 0.241 e. The zero-order chi connectivity index (χ0) is 15.8. The smallest absolute Gasteiger partial charge is 0.241 e. The lowest BCUT2D eigenvalue weighted by molar-refractivity contribution is 0.491. The highest BCUT2D eigenvalue weighted by Gasteiger charge is 2.25. The second kappa shape index (κ2) is 5.66. The molecule has 1 fully saturated rings. The number of hydrogen-bond acceptors (Lipinski definition) is 3. The lowest BCUT2D eigenvalue weighted by atomic mass is 10.1. The standard InChI is InChI=1S/C15H23FN2O2S/c1-10-7-13(21(19,20)18-15(2,3)4)8-11(14(10)16)9-17-12-5-6-12/h7-8,12,17-18H,5-6,9H2,1-4H3. The normalized spacial score (nSPS) is 16.2. The molecule has 0 atom stereocenters. The Balaban J connectivity index is 2.30. The summed E-state index contributed by atoms with van der Waals surface area (Å²) in [6, 6.07) is 3.24. The van der Waals surface area contributed by atoms with Gasteiger partial charge in [-0.2, -0.15) is 0 Å². The lowest BCUT2D eigenvalue weighted by Crippen LogP contribution is -2.40. The molecule has 2 rings (SSSR count). The molecule has 6 heteroatoms. The van der Waals surface area contributed by atoms with Gasteiger partial charge in [-0.3, -0.25) is 0 Å². The predicted molar refractivity (Wildman–Crippen MR) is 81.1 cm³/mol. The van der Waals surface area contributed by atoms with E-state index >= 15 is 0 Å². The highest BCUT2D eigenvalue weighted by Crippen LogP contribution is 2.23. The van der Waals surface area contributed by atoms with Crippen LogP contribution in [0.25, 0.3) is 0 Å². The van der Waals surface area contributed by atoms with Crippen LogP contribution in [0.4, 0.5) is 4.39 Å². The van der Waals surface area contributed by atoms with E-state index in [0.717, 1.165) is 12.8 Å². The van der Waals surface area contributed by atoms with Crippen molar-refractivity contribution in [1.29, 1.82) is 0 Å². The molecule has 1 aromatic rings. The third-order valence-corrected chi connectivity index (χ3v) is 4.95. The number of aryl methyl sites for hydroxylation is 1. The highest BCUT2D eigenvalue weighted by atomic mass is 32.2. The van der Waals surface area contributed by atoms with E-state index < -0.39 is 15.6 Å². The summed E-state index contributed by atoms with van der Waals surface area (Å²) in [4.78, 5) is 0.115. The number of benzene rings is 1. The Labute approximate surface area is 126 Å². The van der Waals surface area contributed by atoms with Gasteiger partial charge in [-0.05, 0) is 58.2 Å². The molecular weight excluding hydrogens is 291 g/mol. The molecule has 0 aliphatic heterocycles. The molecule has 1 aliphatic carbocycles. The summed E-state index contributed by atoms with van der Waals surface area (Å²) in [6.07, 6.45) is 2.20. The van der Waals surface area contributed by atoms with E-state index in [1.807, 2.05) is 0 Å². The first kappa shape index (κ1) is 16.4. The topological polar surface area (TPSA) is 58.2 Å². The zero-order valence-electron chi connectivity index (χ0n) is 13.0. The number of halogens is 1. The van der Waals surface area contributed by atoms with E-state index in [2.05, 4.69) is 10.0 Å². The zero-order valence-corrected chi connectivity index (χ0v) is 13.8. The Hall–Kier alpha value is -0.980. The molecule has 1 aromatic carbocycles. The van der Waals surface area contributed by atoms with Crippen molar-refractivity contribution in [3.8, 4) is 0 Å². The van der Waals surface area contributed by atoms with Gasteiger partial charge in [-0.15, -0.1) is 0 Å². The molecule has 0 unspecified atom stereocenters. The van der Waals surface area contributed by atoms with Crippen LogP contribution in [0.15, 0.2) is 17.0 Å². The summed E-state index contributed by atoms with van der Waals surface area (Å²) in [5, 5.41) is 3.21. The van der Waals surface area contributed by atoms with E-state index in [1.54, 1.807) is 27.7 Å². The molecule has 0 saturated heterocycles. The van der Waals surface area contributed by atoms with Crippen LogP contribution < -0.4 is 10.0 Å². The Morgan fingerprint density at radius 3 is 2.43 bits per heavy atom. The molecule has 4 nitrogen and oxygen atoms in total. The Morgan fingerprint density at radius 2 is 1.90 bits per heavy atom. The molecule has 0 heterocycles. The second-order valence-electron chi connectivity index (χ2n) is 6.72. The molecule has 1 aliphatic rings. The molecule has 21 heavy (non-hydrogen) atoms. The molecule has 0 amide bonds. The first-order valence-electron chi connectivity index (χ1n) is 7.15. The first-order chi connectivity index (χ1) is 9.58. The van der Waals surface area contributed by atoms with Gasteiger partial charge in [-0.25, -0.2) is 17.5 Å². The van der Waals surface area contributed by atoms with Crippen molar-refractivity contribution in [1.82, 2.24) is 10.0 Å². The maximum absolute atomic E-state index is 14.1. The summed E-state index contributed by atoms with van der Waals surface area (Å²) in [5.41, 5.74) is 0.170. The third kappa shape index (κ3) is 4.49. The van der Waals surface area contributed by atoms with Crippen LogP contribution in [0.2, 0.25) is 0 Å². The largest absolute Gasteiger partial charge is 0.310 e. The number of nitrogens with one attached hydrogen (secondary N) is 2. The van der Waals surface area contributed by atoms with Crippen molar-refractivity contribution in [2.45, 2.75) is 63.6 Å². The minimum absolute atomic E-state index is 0.115. The molecular formula is C15H23FN2O2S. The predicted octanol–water partition coefficient (Wildman–Crippen LogP) is 2.46. The molecule has 2 N–H and O–H groups in total. The van der Waals surface area contributed by atoms with Crippen molar-refractivity contribution in [3.63, 3.8) is 0 Å². The van der Waals surface area contributed by atoms with Crippen LogP contribution in [0.3, 0.4) is 0 Å². The Kier molecular flexibility index (Phi) is 4.42.